The first-order valence-corrected chi connectivity index (χ1v) is 7.68. The molecule has 1 aromatic heterocycles. The number of benzene rings is 2. The lowest BCUT2D eigenvalue weighted by molar-refractivity contribution is -0.138. The Hall–Kier alpha value is -2.90. The van der Waals surface area contributed by atoms with Gasteiger partial charge in [-0.3, -0.25) is 14.2 Å². The van der Waals surface area contributed by atoms with Crippen LogP contribution in [0.3, 0.4) is 0 Å². The number of aliphatic carboxylic acids is 1. The van der Waals surface area contributed by atoms with Gasteiger partial charge in [0.1, 0.15) is 6.04 Å². The number of carboxylic acids is 1. The van der Waals surface area contributed by atoms with Crippen molar-refractivity contribution in [2.45, 2.75) is 12.5 Å². The first kappa shape index (κ1) is 19.4. The molecule has 0 aliphatic rings. The third-order valence-corrected chi connectivity index (χ3v) is 4.14. The molecule has 0 saturated carbocycles. The van der Waals surface area contributed by atoms with Gasteiger partial charge in [-0.05, 0) is 36.2 Å². The van der Waals surface area contributed by atoms with E-state index in [1.807, 2.05) is 0 Å². The van der Waals surface area contributed by atoms with Crippen molar-refractivity contribution in [3.63, 3.8) is 0 Å². The predicted molar refractivity (Wildman–Crippen MR) is 101 cm³/mol. The highest BCUT2D eigenvalue weighted by atomic mass is 35.5. The van der Waals surface area contributed by atoms with Crippen LogP contribution in [0.25, 0.3) is 16.6 Å². The molecule has 0 saturated heterocycles. The van der Waals surface area contributed by atoms with Crippen molar-refractivity contribution in [1.82, 2.24) is 9.13 Å². The number of halogens is 1. The maximum atomic E-state index is 12.7. The highest BCUT2D eigenvalue weighted by Crippen LogP contribution is 2.11. The summed E-state index contributed by atoms with van der Waals surface area (Å²) in [5.41, 5.74) is 6.38. The topological polar surface area (TPSA) is 107 Å². The number of fused-ring (bicyclic) bond motifs is 1. The number of nitrogens with two attached hydrogens (primary N) is 1. The molecule has 3 aromatic rings. The lowest BCUT2D eigenvalue weighted by Crippen LogP contribution is -2.37. The van der Waals surface area contributed by atoms with Crippen LogP contribution in [0.15, 0.2) is 58.1 Å². The maximum absolute atomic E-state index is 12.7. The summed E-state index contributed by atoms with van der Waals surface area (Å²) in [6.07, 6.45) is 0.167. The van der Waals surface area contributed by atoms with Gasteiger partial charge in [0, 0.05) is 7.05 Å². The van der Waals surface area contributed by atoms with Crippen LogP contribution in [0.5, 0.6) is 0 Å². The van der Waals surface area contributed by atoms with Crippen LogP contribution in [0.1, 0.15) is 5.56 Å². The molecule has 0 aliphatic heterocycles. The van der Waals surface area contributed by atoms with Crippen molar-refractivity contribution in [3.05, 3.63) is 74.9 Å². The van der Waals surface area contributed by atoms with Crippen LogP contribution >= 0.6 is 12.4 Å². The fraction of sp³-hybridized carbons (Fsp3) is 0.167. The number of rotatable bonds is 4. The Bertz CT molecular complexity index is 1070. The Labute approximate surface area is 154 Å². The summed E-state index contributed by atoms with van der Waals surface area (Å²) >= 11 is 0. The van der Waals surface area contributed by atoms with Crippen molar-refractivity contribution in [3.8, 4) is 5.69 Å². The van der Waals surface area contributed by atoms with E-state index in [9.17, 15) is 14.4 Å². The second-order valence-corrected chi connectivity index (χ2v) is 5.81. The minimum Gasteiger partial charge on any atom is -0.480 e. The summed E-state index contributed by atoms with van der Waals surface area (Å²) < 4.78 is 2.52. The van der Waals surface area contributed by atoms with Crippen LogP contribution in [-0.2, 0) is 18.3 Å². The number of hydrogen-bond donors (Lipinski definition) is 2. The molecule has 8 heteroatoms. The molecule has 2 aromatic carbocycles. The second-order valence-electron chi connectivity index (χ2n) is 5.81. The quantitative estimate of drug-likeness (QED) is 0.709. The molecule has 1 atom stereocenters. The van der Waals surface area contributed by atoms with E-state index in [-0.39, 0.29) is 18.8 Å². The van der Waals surface area contributed by atoms with Gasteiger partial charge in [-0.25, -0.2) is 9.36 Å². The van der Waals surface area contributed by atoms with Crippen LogP contribution in [0, 0.1) is 0 Å². The number of carboxylic acid groups (broad SMARTS) is 1. The van der Waals surface area contributed by atoms with Crippen molar-refractivity contribution >= 4 is 29.3 Å². The Morgan fingerprint density at radius 1 is 1.12 bits per heavy atom. The van der Waals surface area contributed by atoms with Crippen molar-refractivity contribution < 1.29 is 9.90 Å². The first-order chi connectivity index (χ1) is 11.9. The van der Waals surface area contributed by atoms with Crippen molar-refractivity contribution in [2.75, 3.05) is 0 Å². The van der Waals surface area contributed by atoms with E-state index < -0.39 is 23.3 Å². The van der Waals surface area contributed by atoms with Crippen molar-refractivity contribution in [2.24, 2.45) is 12.8 Å². The Balaban J connectivity index is 0.00000243. The van der Waals surface area contributed by atoms with Gasteiger partial charge in [-0.2, -0.15) is 0 Å². The molecule has 0 radical (unpaired) electrons. The minimum absolute atomic E-state index is 0. The van der Waals surface area contributed by atoms with E-state index in [4.69, 9.17) is 10.8 Å². The van der Waals surface area contributed by atoms with Gasteiger partial charge in [-0.15, -0.1) is 12.4 Å². The summed E-state index contributed by atoms with van der Waals surface area (Å²) in [4.78, 5) is 36.1. The third-order valence-electron chi connectivity index (χ3n) is 4.14. The highest BCUT2D eigenvalue weighted by molar-refractivity contribution is 5.85. The van der Waals surface area contributed by atoms with E-state index in [1.165, 1.54) is 4.57 Å². The summed E-state index contributed by atoms with van der Waals surface area (Å²) in [5, 5.41) is 9.31. The molecule has 3 N–H and O–H groups in total. The van der Waals surface area contributed by atoms with Gasteiger partial charge >= 0.3 is 11.7 Å². The van der Waals surface area contributed by atoms with Crippen molar-refractivity contribution in [1.29, 1.82) is 0 Å². The van der Waals surface area contributed by atoms with Crippen LogP contribution < -0.4 is 17.0 Å². The molecule has 1 heterocycles. The Morgan fingerprint density at radius 2 is 1.73 bits per heavy atom. The largest absolute Gasteiger partial charge is 0.480 e. The van der Waals surface area contributed by atoms with E-state index in [0.717, 1.165) is 4.57 Å². The third kappa shape index (κ3) is 3.40. The average molecular weight is 376 g/mol. The zero-order valence-corrected chi connectivity index (χ0v) is 14.8. The molecule has 7 nitrogen and oxygen atoms in total. The number of para-hydroxylation sites is 1. The number of hydrogen-bond acceptors (Lipinski definition) is 4. The number of nitrogens with zero attached hydrogens (tertiary/aromatic N) is 2. The van der Waals surface area contributed by atoms with Crippen LogP contribution in [-0.4, -0.2) is 26.3 Å². The molecule has 26 heavy (non-hydrogen) atoms. The number of aryl methyl sites for hydroxylation is 1. The van der Waals surface area contributed by atoms with Gasteiger partial charge in [0.15, 0.2) is 0 Å². The van der Waals surface area contributed by atoms with Gasteiger partial charge in [0.05, 0.1) is 16.6 Å². The zero-order chi connectivity index (χ0) is 18.1. The molecule has 0 amide bonds. The fourth-order valence-corrected chi connectivity index (χ4v) is 2.76. The normalized spacial score (nSPS) is 11.8. The molecular weight excluding hydrogens is 358 g/mol. The van der Waals surface area contributed by atoms with E-state index in [2.05, 4.69) is 0 Å². The highest BCUT2D eigenvalue weighted by Gasteiger charge is 2.14. The van der Waals surface area contributed by atoms with E-state index in [0.29, 0.717) is 22.2 Å². The standard InChI is InChI=1S/C18H17N3O4.ClH/c1-20-15-5-3-2-4-13(15)16(22)21(18(20)25)12-8-6-11(7-9-12)10-14(19)17(23)24;/h2-9,14H,10,19H2,1H3,(H,23,24);1H/t14-;/m0./s1. The SMILES string of the molecule is Cl.Cn1c(=O)n(-c2ccc(C[C@H](N)C(=O)O)cc2)c(=O)c2ccccc21. The lowest BCUT2D eigenvalue weighted by Gasteiger charge is -2.11. The predicted octanol–water partition coefficient (Wildman–Crippen LogP) is 1.07. The molecule has 0 fully saturated rings. The van der Waals surface area contributed by atoms with Crippen LogP contribution in [0.2, 0.25) is 0 Å². The van der Waals surface area contributed by atoms with E-state index >= 15 is 0 Å². The molecule has 0 aliphatic carbocycles. The van der Waals surface area contributed by atoms with Gasteiger partial charge in [0.25, 0.3) is 5.56 Å². The molecule has 0 unspecified atom stereocenters. The Morgan fingerprint density at radius 3 is 2.35 bits per heavy atom. The maximum Gasteiger partial charge on any atom is 0.335 e. The smallest absolute Gasteiger partial charge is 0.335 e. The second kappa shape index (κ2) is 7.55. The van der Waals surface area contributed by atoms with Crippen LogP contribution in [0.4, 0.5) is 0 Å². The zero-order valence-electron chi connectivity index (χ0n) is 14.0. The monoisotopic (exact) mass is 375 g/mol. The molecule has 3 rings (SSSR count). The van der Waals surface area contributed by atoms with Gasteiger partial charge < -0.3 is 10.8 Å². The molecule has 0 bridgehead atoms. The summed E-state index contributed by atoms with van der Waals surface area (Å²) in [6.45, 7) is 0. The van der Waals surface area contributed by atoms with Gasteiger partial charge in [-0.1, -0.05) is 24.3 Å². The van der Waals surface area contributed by atoms with E-state index in [1.54, 1.807) is 55.6 Å². The minimum atomic E-state index is -1.08. The number of aromatic nitrogens is 2. The first-order valence-electron chi connectivity index (χ1n) is 7.68. The fourth-order valence-electron chi connectivity index (χ4n) is 2.76. The van der Waals surface area contributed by atoms with Gasteiger partial charge in [0.2, 0.25) is 0 Å². The molecule has 0 spiro atoms. The Kier molecular flexibility index (Phi) is 5.64. The summed E-state index contributed by atoms with van der Waals surface area (Å²) in [7, 11) is 1.61. The lowest BCUT2D eigenvalue weighted by atomic mass is 10.1. The summed E-state index contributed by atoms with van der Waals surface area (Å²) in [6, 6.07) is 12.5. The summed E-state index contributed by atoms with van der Waals surface area (Å²) in [5.74, 6) is -1.08. The average Bonchev–Trinajstić information content (AvgIpc) is 2.61. The molecular formula is C18H18ClN3O4. The molecule has 136 valence electrons. The number of carbonyl (C=O) groups is 1.